The van der Waals surface area contributed by atoms with Crippen molar-refractivity contribution < 1.29 is 27.4 Å². The number of ether oxygens (including phenoxy) is 2. The van der Waals surface area contributed by atoms with Gasteiger partial charge in [-0.2, -0.15) is 0 Å². The molecule has 1 amide bonds. The predicted molar refractivity (Wildman–Crippen MR) is 92.9 cm³/mol. The van der Waals surface area contributed by atoms with Gasteiger partial charge in [0.15, 0.2) is 0 Å². The van der Waals surface area contributed by atoms with Crippen LogP contribution in [0.5, 0.6) is 11.8 Å². The minimum atomic E-state index is -4.77. The summed E-state index contributed by atoms with van der Waals surface area (Å²) >= 11 is 0. The van der Waals surface area contributed by atoms with Crippen molar-refractivity contribution in [1.29, 1.82) is 0 Å². The number of alkyl halides is 3. The summed E-state index contributed by atoms with van der Waals surface area (Å²) in [6, 6.07) is 8.07. The fourth-order valence-corrected chi connectivity index (χ4v) is 2.23. The van der Waals surface area contributed by atoms with Gasteiger partial charge in [0.1, 0.15) is 5.75 Å². The highest BCUT2D eigenvalue weighted by Crippen LogP contribution is 2.24. The fourth-order valence-electron chi connectivity index (χ4n) is 2.23. The van der Waals surface area contributed by atoms with E-state index in [9.17, 15) is 18.0 Å². The Balaban J connectivity index is 1.72. The summed E-state index contributed by atoms with van der Waals surface area (Å²) in [6.45, 7) is 0. The number of carbonyl (C=O) groups excluding carboxylic acids is 1. The Morgan fingerprint density at radius 1 is 1.04 bits per heavy atom. The topological polar surface area (TPSA) is 86.2 Å². The fraction of sp³-hybridized carbons (Fsp3) is 0.111. The van der Waals surface area contributed by atoms with Crippen LogP contribution in [0.4, 0.5) is 18.9 Å². The van der Waals surface area contributed by atoms with Crippen molar-refractivity contribution in [3.05, 3.63) is 60.6 Å². The standard InChI is InChI=1S/C18H13F3N4O3/c1-27-17-23-9-12(10-24-17)15-8-11(6-7-22-15)16(26)25-13-2-4-14(5-3-13)28-18(19,20)21/h2-10H,1H3,(H,25,26). The molecule has 10 heteroatoms. The number of hydrogen-bond acceptors (Lipinski definition) is 6. The van der Waals surface area contributed by atoms with Gasteiger partial charge in [0, 0.05) is 35.4 Å². The lowest BCUT2D eigenvalue weighted by Crippen LogP contribution is -2.17. The largest absolute Gasteiger partial charge is 0.573 e. The van der Waals surface area contributed by atoms with Gasteiger partial charge in [-0.05, 0) is 36.4 Å². The molecule has 3 rings (SSSR count). The lowest BCUT2D eigenvalue weighted by Gasteiger charge is -2.10. The number of rotatable bonds is 5. The van der Waals surface area contributed by atoms with Crippen LogP contribution in [0.25, 0.3) is 11.3 Å². The van der Waals surface area contributed by atoms with Crippen molar-refractivity contribution in [2.75, 3.05) is 12.4 Å². The van der Waals surface area contributed by atoms with Gasteiger partial charge in [0.05, 0.1) is 12.8 Å². The van der Waals surface area contributed by atoms with E-state index in [4.69, 9.17) is 4.74 Å². The first-order valence-electron chi connectivity index (χ1n) is 7.84. The van der Waals surface area contributed by atoms with Crippen LogP contribution in [0.2, 0.25) is 0 Å². The first kappa shape index (κ1) is 19.1. The minimum Gasteiger partial charge on any atom is -0.467 e. The number of anilines is 1. The molecule has 0 atom stereocenters. The van der Waals surface area contributed by atoms with Crippen molar-refractivity contribution in [2.24, 2.45) is 0 Å². The van der Waals surface area contributed by atoms with E-state index in [1.54, 1.807) is 6.07 Å². The van der Waals surface area contributed by atoms with E-state index < -0.39 is 12.3 Å². The molecule has 0 spiro atoms. The van der Waals surface area contributed by atoms with E-state index in [2.05, 4.69) is 25.0 Å². The number of nitrogens with zero attached hydrogens (tertiary/aromatic N) is 3. The third kappa shape index (κ3) is 4.93. The molecule has 0 aliphatic heterocycles. The Kier molecular flexibility index (Phi) is 5.39. The quantitative estimate of drug-likeness (QED) is 0.715. The Bertz CT molecular complexity index is 961. The Hall–Kier alpha value is -3.69. The molecule has 144 valence electrons. The molecule has 3 aromatic rings. The van der Waals surface area contributed by atoms with Crippen LogP contribution in [-0.2, 0) is 0 Å². The van der Waals surface area contributed by atoms with E-state index in [0.717, 1.165) is 12.1 Å². The molecular weight excluding hydrogens is 377 g/mol. The summed E-state index contributed by atoms with van der Waals surface area (Å²) in [5.74, 6) is -0.834. The monoisotopic (exact) mass is 390 g/mol. The van der Waals surface area contributed by atoms with Gasteiger partial charge in [0.2, 0.25) is 0 Å². The summed E-state index contributed by atoms with van der Waals surface area (Å²) in [5, 5.41) is 2.59. The van der Waals surface area contributed by atoms with Gasteiger partial charge in [-0.15, -0.1) is 13.2 Å². The summed E-state index contributed by atoms with van der Waals surface area (Å²) in [7, 11) is 1.44. The second kappa shape index (κ2) is 7.91. The van der Waals surface area contributed by atoms with E-state index in [1.807, 2.05) is 0 Å². The molecule has 0 fully saturated rings. The molecular formula is C18H13F3N4O3. The van der Waals surface area contributed by atoms with Gasteiger partial charge in [-0.1, -0.05) is 0 Å². The smallest absolute Gasteiger partial charge is 0.467 e. The summed E-state index contributed by atoms with van der Waals surface area (Å²) in [4.78, 5) is 24.6. The van der Waals surface area contributed by atoms with Crippen LogP contribution in [0.3, 0.4) is 0 Å². The van der Waals surface area contributed by atoms with Crippen LogP contribution in [0, 0.1) is 0 Å². The summed E-state index contributed by atoms with van der Waals surface area (Å²) in [6.07, 6.45) is -0.303. The van der Waals surface area contributed by atoms with Crippen molar-refractivity contribution in [3.63, 3.8) is 0 Å². The molecule has 7 nitrogen and oxygen atoms in total. The predicted octanol–water partition coefficient (Wildman–Crippen LogP) is 3.70. The maximum absolute atomic E-state index is 12.4. The first-order chi connectivity index (χ1) is 13.3. The molecule has 2 aromatic heterocycles. The van der Waals surface area contributed by atoms with E-state index >= 15 is 0 Å². The number of halogens is 3. The lowest BCUT2D eigenvalue weighted by molar-refractivity contribution is -0.274. The van der Waals surface area contributed by atoms with Crippen LogP contribution >= 0.6 is 0 Å². The third-order valence-electron chi connectivity index (χ3n) is 3.47. The SMILES string of the molecule is COc1ncc(-c2cc(C(=O)Nc3ccc(OC(F)(F)F)cc3)ccn2)cn1. The van der Waals surface area contributed by atoms with Crippen LogP contribution < -0.4 is 14.8 Å². The summed E-state index contributed by atoms with van der Waals surface area (Å²) < 4.78 is 45.2. The average Bonchev–Trinajstić information content (AvgIpc) is 2.68. The molecule has 0 aliphatic carbocycles. The molecule has 2 heterocycles. The number of nitrogens with one attached hydrogen (secondary N) is 1. The number of carbonyl (C=O) groups is 1. The number of hydrogen-bond donors (Lipinski definition) is 1. The Labute approximate surface area is 157 Å². The molecule has 0 radical (unpaired) electrons. The second-order valence-corrected chi connectivity index (χ2v) is 5.41. The number of methoxy groups -OCH3 is 1. The van der Waals surface area contributed by atoms with Crippen molar-refractivity contribution in [3.8, 4) is 23.0 Å². The number of benzene rings is 1. The highest BCUT2D eigenvalue weighted by atomic mass is 19.4. The van der Waals surface area contributed by atoms with Crippen molar-refractivity contribution >= 4 is 11.6 Å². The highest BCUT2D eigenvalue weighted by Gasteiger charge is 2.30. The van der Waals surface area contributed by atoms with Gasteiger partial charge in [-0.3, -0.25) is 9.78 Å². The zero-order valence-corrected chi connectivity index (χ0v) is 14.4. The van der Waals surface area contributed by atoms with Crippen LogP contribution in [0.1, 0.15) is 10.4 Å². The lowest BCUT2D eigenvalue weighted by atomic mass is 10.1. The zero-order chi connectivity index (χ0) is 20.1. The first-order valence-corrected chi connectivity index (χ1v) is 7.84. The van der Waals surface area contributed by atoms with Crippen molar-refractivity contribution in [1.82, 2.24) is 15.0 Å². The maximum Gasteiger partial charge on any atom is 0.573 e. The molecule has 0 saturated carbocycles. The van der Waals surface area contributed by atoms with Gasteiger partial charge >= 0.3 is 12.4 Å². The molecule has 1 N–H and O–H groups in total. The normalized spacial score (nSPS) is 11.0. The number of pyridine rings is 1. The van der Waals surface area contributed by atoms with E-state index in [-0.39, 0.29) is 11.8 Å². The molecule has 0 saturated heterocycles. The van der Waals surface area contributed by atoms with Crippen LogP contribution in [-0.4, -0.2) is 34.3 Å². The van der Waals surface area contributed by atoms with Crippen LogP contribution in [0.15, 0.2) is 55.0 Å². The number of aromatic nitrogens is 3. The third-order valence-corrected chi connectivity index (χ3v) is 3.47. The molecule has 0 unspecified atom stereocenters. The van der Waals surface area contributed by atoms with E-state index in [0.29, 0.717) is 22.5 Å². The zero-order valence-electron chi connectivity index (χ0n) is 14.4. The average molecular weight is 390 g/mol. The Morgan fingerprint density at radius 3 is 2.32 bits per heavy atom. The maximum atomic E-state index is 12.4. The molecule has 0 bridgehead atoms. The second-order valence-electron chi connectivity index (χ2n) is 5.41. The van der Waals surface area contributed by atoms with E-state index in [1.165, 1.54) is 43.9 Å². The Morgan fingerprint density at radius 2 is 1.71 bits per heavy atom. The van der Waals surface area contributed by atoms with Gasteiger partial charge in [-0.25, -0.2) is 9.97 Å². The number of amides is 1. The molecule has 0 aliphatic rings. The van der Waals surface area contributed by atoms with Crippen molar-refractivity contribution in [2.45, 2.75) is 6.36 Å². The molecule has 28 heavy (non-hydrogen) atoms. The minimum absolute atomic E-state index is 0.204. The van der Waals surface area contributed by atoms with Gasteiger partial charge < -0.3 is 14.8 Å². The highest BCUT2D eigenvalue weighted by molar-refractivity contribution is 6.04. The summed E-state index contributed by atoms with van der Waals surface area (Å²) in [5.41, 5.74) is 1.68. The van der Waals surface area contributed by atoms with Gasteiger partial charge in [0.25, 0.3) is 5.91 Å². The molecule has 1 aromatic carbocycles.